The van der Waals surface area contributed by atoms with E-state index in [9.17, 15) is 22.8 Å². The number of carbonyl (C=O) groups excluding carboxylic acids is 2. The Morgan fingerprint density at radius 3 is 2.37 bits per heavy atom. The molecule has 2 rings (SSSR count). The Hall–Kier alpha value is -3.03. The smallest absolute Gasteiger partial charge is 0.416 e. The van der Waals surface area contributed by atoms with Crippen molar-refractivity contribution in [3.8, 4) is 5.75 Å². The third-order valence-corrected chi connectivity index (χ3v) is 3.50. The normalized spacial score (nSPS) is 12.2. The van der Waals surface area contributed by atoms with Crippen molar-refractivity contribution in [1.82, 2.24) is 0 Å². The molecule has 144 valence electrons. The number of esters is 1. The third kappa shape index (κ3) is 6.32. The molecule has 0 saturated heterocycles. The molecular formula is C19H18F3NO4. The number of halogens is 3. The number of anilines is 1. The number of hydrogen-bond acceptors (Lipinski definition) is 4. The number of benzene rings is 2. The maximum Gasteiger partial charge on any atom is 0.416 e. The maximum atomic E-state index is 12.5. The van der Waals surface area contributed by atoms with E-state index in [1.165, 1.54) is 6.92 Å². The van der Waals surface area contributed by atoms with Crippen LogP contribution in [0.4, 0.5) is 18.9 Å². The van der Waals surface area contributed by atoms with Crippen molar-refractivity contribution in [2.45, 2.75) is 26.1 Å². The first kappa shape index (κ1) is 20.3. The van der Waals surface area contributed by atoms with E-state index < -0.39 is 29.7 Å². The van der Waals surface area contributed by atoms with Crippen LogP contribution in [0, 0.1) is 6.92 Å². The van der Waals surface area contributed by atoms with Gasteiger partial charge < -0.3 is 14.8 Å². The second-order valence-electron chi connectivity index (χ2n) is 5.80. The number of alkyl halides is 3. The lowest BCUT2D eigenvalue weighted by Crippen LogP contribution is -2.31. The molecular weight excluding hydrogens is 363 g/mol. The van der Waals surface area contributed by atoms with Gasteiger partial charge in [0, 0.05) is 5.69 Å². The Labute approximate surface area is 154 Å². The largest absolute Gasteiger partial charge is 0.482 e. The average molecular weight is 381 g/mol. The zero-order valence-corrected chi connectivity index (χ0v) is 14.7. The molecule has 2 aromatic carbocycles. The van der Waals surface area contributed by atoms with Gasteiger partial charge in [-0.1, -0.05) is 12.1 Å². The fraction of sp³-hybridized carbons (Fsp3) is 0.263. The first-order valence-electron chi connectivity index (χ1n) is 8.02. The molecule has 1 amide bonds. The van der Waals surface area contributed by atoms with E-state index in [1.54, 1.807) is 18.2 Å². The zero-order chi connectivity index (χ0) is 20.0. The molecule has 1 atom stereocenters. The monoisotopic (exact) mass is 381 g/mol. The predicted molar refractivity (Wildman–Crippen MR) is 92.3 cm³/mol. The van der Waals surface area contributed by atoms with Gasteiger partial charge in [0.2, 0.25) is 0 Å². The van der Waals surface area contributed by atoms with E-state index in [2.05, 4.69) is 5.32 Å². The van der Waals surface area contributed by atoms with Crippen LogP contribution in [0.2, 0.25) is 0 Å². The zero-order valence-electron chi connectivity index (χ0n) is 14.7. The number of carbonyl (C=O) groups is 2. The lowest BCUT2D eigenvalue weighted by atomic mass is 10.2. The maximum absolute atomic E-state index is 12.5. The molecule has 8 heteroatoms. The van der Waals surface area contributed by atoms with Gasteiger partial charge >= 0.3 is 12.1 Å². The van der Waals surface area contributed by atoms with Crippen molar-refractivity contribution in [1.29, 1.82) is 0 Å². The summed E-state index contributed by atoms with van der Waals surface area (Å²) in [5.74, 6) is -0.918. The topological polar surface area (TPSA) is 64.6 Å². The molecule has 0 heterocycles. The van der Waals surface area contributed by atoms with Crippen molar-refractivity contribution in [2.24, 2.45) is 0 Å². The van der Waals surface area contributed by atoms with Gasteiger partial charge in [0.25, 0.3) is 5.91 Å². The quantitative estimate of drug-likeness (QED) is 0.770. The van der Waals surface area contributed by atoms with E-state index >= 15 is 0 Å². The molecule has 0 fully saturated rings. The van der Waals surface area contributed by atoms with Gasteiger partial charge in [0.1, 0.15) is 5.75 Å². The molecule has 0 bridgehead atoms. The summed E-state index contributed by atoms with van der Waals surface area (Å²) >= 11 is 0. The van der Waals surface area contributed by atoms with Crippen LogP contribution < -0.4 is 10.1 Å². The van der Waals surface area contributed by atoms with Gasteiger partial charge in [-0.25, -0.2) is 4.79 Å². The highest BCUT2D eigenvalue weighted by atomic mass is 19.4. The van der Waals surface area contributed by atoms with Crippen LogP contribution in [0.1, 0.15) is 18.1 Å². The summed E-state index contributed by atoms with van der Waals surface area (Å²) in [5, 5.41) is 2.38. The van der Waals surface area contributed by atoms with Gasteiger partial charge in [-0.2, -0.15) is 13.2 Å². The molecule has 0 aromatic heterocycles. The lowest BCUT2D eigenvalue weighted by Gasteiger charge is -2.14. The second-order valence-corrected chi connectivity index (χ2v) is 5.80. The third-order valence-electron chi connectivity index (χ3n) is 3.50. The van der Waals surface area contributed by atoms with Crippen LogP contribution in [0.25, 0.3) is 0 Å². The van der Waals surface area contributed by atoms with Crippen molar-refractivity contribution >= 4 is 17.6 Å². The van der Waals surface area contributed by atoms with Crippen molar-refractivity contribution in [3.05, 3.63) is 59.7 Å². The minimum atomic E-state index is -4.46. The molecule has 0 aliphatic heterocycles. The molecule has 27 heavy (non-hydrogen) atoms. The molecule has 0 aliphatic carbocycles. The summed E-state index contributed by atoms with van der Waals surface area (Å²) in [4.78, 5) is 23.8. The number of aryl methyl sites for hydroxylation is 1. The van der Waals surface area contributed by atoms with Crippen LogP contribution in [0.5, 0.6) is 5.75 Å². The van der Waals surface area contributed by atoms with E-state index in [4.69, 9.17) is 9.47 Å². The van der Waals surface area contributed by atoms with Crippen LogP contribution in [0.3, 0.4) is 0 Å². The van der Waals surface area contributed by atoms with Crippen LogP contribution >= 0.6 is 0 Å². The van der Waals surface area contributed by atoms with E-state index in [-0.39, 0.29) is 12.3 Å². The highest BCUT2D eigenvalue weighted by Gasteiger charge is 2.30. The van der Waals surface area contributed by atoms with Gasteiger partial charge in [-0.15, -0.1) is 0 Å². The molecule has 0 saturated carbocycles. The van der Waals surface area contributed by atoms with Crippen LogP contribution in [-0.4, -0.2) is 24.6 Å². The summed E-state index contributed by atoms with van der Waals surface area (Å²) in [6.45, 7) is 2.85. The Morgan fingerprint density at radius 2 is 1.78 bits per heavy atom. The van der Waals surface area contributed by atoms with Crippen molar-refractivity contribution in [2.75, 3.05) is 11.9 Å². The highest BCUT2D eigenvalue weighted by molar-refractivity contribution is 5.95. The molecule has 0 aliphatic rings. The highest BCUT2D eigenvalue weighted by Crippen LogP contribution is 2.29. The van der Waals surface area contributed by atoms with Crippen LogP contribution in [0.15, 0.2) is 48.5 Å². The van der Waals surface area contributed by atoms with E-state index in [0.717, 1.165) is 29.8 Å². The van der Waals surface area contributed by atoms with Crippen molar-refractivity contribution in [3.63, 3.8) is 0 Å². The minimum absolute atomic E-state index is 0.159. The van der Waals surface area contributed by atoms with Crippen LogP contribution in [-0.2, 0) is 20.5 Å². The lowest BCUT2D eigenvalue weighted by molar-refractivity contribution is -0.155. The Morgan fingerprint density at radius 1 is 1.11 bits per heavy atom. The summed E-state index contributed by atoms with van der Waals surface area (Å²) < 4.78 is 47.8. The average Bonchev–Trinajstić information content (AvgIpc) is 2.59. The summed E-state index contributed by atoms with van der Waals surface area (Å²) in [5.41, 5.74) is 0.297. The van der Waals surface area contributed by atoms with Gasteiger partial charge in [0.05, 0.1) is 5.56 Å². The molecule has 0 spiro atoms. The molecule has 2 aromatic rings. The molecule has 0 unspecified atom stereocenters. The summed E-state index contributed by atoms with van der Waals surface area (Å²) in [7, 11) is 0. The van der Waals surface area contributed by atoms with Gasteiger partial charge in [-0.3, -0.25) is 4.79 Å². The van der Waals surface area contributed by atoms with Gasteiger partial charge in [0.15, 0.2) is 12.7 Å². The number of rotatable bonds is 6. The first-order valence-corrected chi connectivity index (χ1v) is 8.02. The Balaban J connectivity index is 1.83. The summed E-state index contributed by atoms with van der Waals surface area (Å²) in [6.07, 6.45) is -5.59. The summed E-state index contributed by atoms with van der Waals surface area (Å²) in [6, 6.07) is 11.0. The standard InChI is InChI=1S/C19H18F3NO4/c1-12-4-3-5-16(10-12)26-11-17(24)27-13(2)18(25)23-15-8-6-14(7-9-15)19(20,21)22/h3-10,13H,11H2,1-2H3,(H,23,25)/t13-/m0/s1. The number of amides is 1. The molecule has 0 radical (unpaired) electrons. The SMILES string of the molecule is Cc1cccc(OCC(=O)O[C@@H](C)C(=O)Nc2ccc(C(F)(F)F)cc2)c1. The number of nitrogens with one attached hydrogen (secondary N) is 1. The number of ether oxygens (including phenoxy) is 2. The number of hydrogen-bond donors (Lipinski definition) is 1. The molecule has 1 N–H and O–H groups in total. The Bertz CT molecular complexity index is 803. The fourth-order valence-electron chi connectivity index (χ4n) is 2.12. The van der Waals surface area contributed by atoms with Crippen molar-refractivity contribution < 1.29 is 32.2 Å². The van der Waals surface area contributed by atoms with E-state index in [0.29, 0.717) is 5.75 Å². The first-order chi connectivity index (χ1) is 12.6. The Kier molecular flexibility index (Phi) is 6.44. The molecule has 5 nitrogen and oxygen atoms in total. The second kappa shape index (κ2) is 8.57. The minimum Gasteiger partial charge on any atom is -0.482 e. The predicted octanol–water partition coefficient (Wildman–Crippen LogP) is 3.96. The fourth-order valence-corrected chi connectivity index (χ4v) is 2.12. The van der Waals surface area contributed by atoms with E-state index in [1.807, 2.05) is 13.0 Å². The van der Waals surface area contributed by atoms with Gasteiger partial charge in [-0.05, 0) is 55.8 Å².